The van der Waals surface area contributed by atoms with E-state index in [1.165, 1.54) is 12.1 Å². The Morgan fingerprint density at radius 3 is 2.21 bits per heavy atom. The van der Waals surface area contributed by atoms with Crippen LogP contribution in [0.4, 0.5) is 13.2 Å². The third-order valence-corrected chi connectivity index (χ3v) is 6.18. The summed E-state index contributed by atoms with van der Waals surface area (Å²) in [5.41, 5.74) is 8.32. The molecule has 2 aromatic carbocycles. The van der Waals surface area contributed by atoms with Gasteiger partial charge in [-0.3, -0.25) is 9.80 Å². The van der Waals surface area contributed by atoms with Crippen LogP contribution in [0.25, 0.3) is 0 Å². The molecule has 0 aromatic heterocycles. The van der Waals surface area contributed by atoms with E-state index in [1.54, 1.807) is 24.1 Å². The van der Waals surface area contributed by atoms with Gasteiger partial charge < -0.3 is 5.73 Å². The third kappa shape index (κ3) is 4.00. The molecule has 0 radical (unpaired) electrons. The Balaban J connectivity index is 1.86. The number of ketones is 1. The molecular formula is C25H23F3N4O. The average Bonchev–Trinajstić information content (AvgIpc) is 2.78. The van der Waals surface area contributed by atoms with Crippen LogP contribution >= 0.6 is 0 Å². The number of hydrogen-bond acceptors (Lipinski definition) is 5. The van der Waals surface area contributed by atoms with Crippen molar-refractivity contribution in [3.8, 4) is 6.07 Å². The number of hydrazine groups is 1. The summed E-state index contributed by atoms with van der Waals surface area (Å²) in [6.45, 7) is 0. The highest BCUT2D eigenvalue weighted by atomic mass is 19.4. The Hall–Kier alpha value is -3.57. The highest BCUT2D eigenvalue weighted by Crippen LogP contribution is 2.48. The lowest BCUT2D eigenvalue weighted by Crippen LogP contribution is -2.46. The fourth-order valence-electron chi connectivity index (χ4n) is 4.73. The molecular weight excluding hydrogens is 429 g/mol. The summed E-state index contributed by atoms with van der Waals surface area (Å²) >= 11 is 0. The molecule has 0 fully saturated rings. The maximum Gasteiger partial charge on any atom is 0.416 e. The van der Waals surface area contributed by atoms with E-state index in [9.17, 15) is 23.2 Å². The first-order valence-corrected chi connectivity index (χ1v) is 10.5. The van der Waals surface area contributed by atoms with Gasteiger partial charge in [0, 0.05) is 31.8 Å². The molecule has 0 amide bonds. The van der Waals surface area contributed by atoms with Crippen molar-refractivity contribution in [3.63, 3.8) is 0 Å². The van der Waals surface area contributed by atoms with Crippen LogP contribution in [-0.2, 0) is 11.0 Å². The number of allylic oxidation sites excluding steroid dienone is 3. The monoisotopic (exact) mass is 452 g/mol. The average molecular weight is 452 g/mol. The van der Waals surface area contributed by atoms with Gasteiger partial charge in [-0.15, -0.1) is 0 Å². The number of nitrogens with zero attached hydrogens (tertiary/aromatic N) is 3. The molecule has 0 saturated carbocycles. The zero-order valence-electron chi connectivity index (χ0n) is 18.2. The van der Waals surface area contributed by atoms with E-state index in [1.807, 2.05) is 30.3 Å². The van der Waals surface area contributed by atoms with Gasteiger partial charge in [0.05, 0.1) is 23.1 Å². The second-order valence-corrected chi connectivity index (χ2v) is 8.42. The highest BCUT2D eigenvalue weighted by molar-refractivity contribution is 6.00. The SMILES string of the molecule is CN(C)N1C(N)=C(C#N)[C@H](c2ccc(C(F)(F)F)cc2)C2=C1C[C@@H](c1ccccc1)CC2=O. The van der Waals surface area contributed by atoms with Crippen molar-refractivity contribution in [2.45, 2.75) is 30.9 Å². The summed E-state index contributed by atoms with van der Waals surface area (Å²) in [6, 6.07) is 16.4. The standard InChI is InChI=1S/C25H23F3N4O/c1-31(2)32-20-12-17(15-6-4-3-5-7-15)13-21(33)23(20)22(19(14-29)24(32)30)16-8-10-18(11-9-16)25(26,27)28/h3-11,17,22H,12-13,30H2,1-2H3/t17-,22+/m1/s1. The van der Waals surface area contributed by atoms with Crippen molar-refractivity contribution < 1.29 is 18.0 Å². The van der Waals surface area contributed by atoms with Crippen LogP contribution in [0, 0.1) is 11.3 Å². The second-order valence-electron chi connectivity index (χ2n) is 8.42. The lowest BCUT2D eigenvalue weighted by Gasteiger charge is -2.43. The molecule has 4 rings (SSSR count). The first-order chi connectivity index (χ1) is 15.6. The molecule has 0 saturated heterocycles. The fourth-order valence-corrected chi connectivity index (χ4v) is 4.73. The van der Waals surface area contributed by atoms with E-state index in [2.05, 4.69) is 6.07 Å². The van der Waals surface area contributed by atoms with Crippen LogP contribution in [0.3, 0.4) is 0 Å². The molecule has 170 valence electrons. The molecule has 2 N–H and O–H groups in total. The number of Topliss-reactive ketones (excluding diaryl/α,β-unsaturated/α-hetero) is 1. The second kappa shape index (κ2) is 8.41. The fraction of sp³-hybridized carbons (Fsp3) is 0.280. The Kier molecular flexibility index (Phi) is 5.76. The van der Waals surface area contributed by atoms with E-state index >= 15 is 0 Å². The van der Waals surface area contributed by atoms with E-state index in [-0.39, 0.29) is 29.5 Å². The molecule has 1 heterocycles. The normalized spacial score (nSPS) is 21.4. The summed E-state index contributed by atoms with van der Waals surface area (Å²) in [6.07, 6.45) is -3.71. The molecule has 5 nitrogen and oxygen atoms in total. The summed E-state index contributed by atoms with van der Waals surface area (Å²) in [5, 5.41) is 13.3. The van der Waals surface area contributed by atoms with Crippen LogP contribution < -0.4 is 5.73 Å². The van der Waals surface area contributed by atoms with Crippen LogP contribution in [0.5, 0.6) is 0 Å². The molecule has 1 aliphatic carbocycles. The molecule has 1 aliphatic heterocycles. The molecule has 0 unspecified atom stereocenters. The molecule has 0 bridgehead atoms. The minimum Gasteiger partial charge on any atom is -0.383 e. The first-order valence-electron chi connectivity index (χ1n) is 10.5. The quantitative estimate of drug-likeness (QED) is 0.732. The largest absolute Gasteiger partial charge is 0.416 e. The Morgan fingerprint density at radius 2 is 1.67 bits per heavy atom. The van der Waals surface area contributed by atoms with Crippen LogP contribution in [0.1, 0.15) is 41.4 Å². The van der Waals surface area contributed by atoms with Crippen molar-refractivity contribution in [2.24, 2.45) is 5.73 Å². The number of halogens is 3. The number of hydrogen-bond donors (Lipinski definition) is 1. The summed E-state index contributed by atoms with van der Waals surface area (Å²) < 4.78 is 39.3. The van der Waals surface area contributed by atoms with E-state index in [0.29, 0.717) is 23.3 Å². The van der Waals surface area contributed by atoms with Gasteiger partial charge in [0.2, 0.25) is 0 Å². The van der Waals surface area contributed by atoms with Gasteiger partial charge in [-0.1, -0.05) is 42.5 Å². The summed E-state index contributed by atoms with van der Waals surface area (Å²) in [7, 11) is 3.53. The van der Waals surface area contributed by atoms with Crippen LogP contribution in [0.15, 0.2) is 77.3 Å². The molecule has 2 aliphatic rings. The minimum absolute atomic E-state index is 0.0652. The molecule has 8 heteroatoms. The van der Waals surface area contributed by atoms with Crippen LogP contribution in [-0.4, -0.2) is 29.9 Å². The first kappa shape index (κ1) is 22.6. The van der Waals surface area contributed by atoms with Gasteiger partial charge in [-0.25, -0.2) is 5.01 Å². The van der Waals surface area contributed by atoms with Gasteiger partial charge in [0.1, 0.15) is 5.82 Å². The van der Waals surface area contributed by atoms with Gasteiger partial charge in [0.15, 0.2) is 5.78 Å². The smallest absolute Gasteiger partial charge is 0.383 e. The topological polar surface area (TPSA) is 73.4 Å². The van der Waals surface area contributed by atoms with Crippen molar-refractivity contribution in [1.82, 2.24) is 10.0 Å². The predicted molar refractivity (Wildman–Crippen MR) is 117 cm³/mol. The Morgan fingerprint density at radius 1 is 1.03 bits per heavy atom. The predicted octanol–water partition coefficient (Wildman–Crippen LogP) is 4.68. The van der Waals surface area contributed by atoms with Crippen molar-refractivity contribution >= 4 is 5.78 Å². The molecule has 2 atom stereocenters. The zero-order chi connectivity index (χ0) is 23.9. The summed E-state index contributed by atoms with van der Waals surface area (Å²) in [5.74, 6) is -0.841. The van der Waals surface area contributed by atoms with E-state index < -0.39 is 17.7 Å². The Labute approximate surface area is 190 Å². The number of benzene rings is 2. The lowest BCUT2D eigenvalue weighted by atomic mass is 9.72. The van der Waals surface area contributed by atoms with E-state index in [4.69, 9.17) is 5.73 Å². The zero-order valence-corrected chi connectivity index (χ0v) is 18.2. The molecule has 2 aromatic rings. The number of rotatable bonds is 3. The minimum atomic E-state index is -4.48. The lowest BCUT2D eigenvalue weighted by molar-refractivity contribution is -0.137. The third-order valence-electron chi connectivity index (χ3n) is 6.18. The number of alkyl halides is 3. The van der Waals surface area contributed by atoms with Gasteiger partial charge >= 0.3 is 6.18 Å². The van der Waals surface area contributed by atoms with E-state index in [0.717, 1.165) is 17.7 Å². The number of carbonyl (C=O) groups excluding carboxylic acids is 1. The molecule has 0 spiro atoms. The number of nitrogens with two attached hydrogens (primary N) is 1. The number of nitriles is 1. The van der Waals surface area contributed by atoms with Crippen molar-refractivity contribution in [3.05, 3.63) is 94.0 Å². The number of carbonyl (C=O) groups is 1. The Bertz CT molecular complexity index is 1170. The molecule has 33 heavy (non-hydrogen) atoms. The van der Waals surface area contributed by atoms with Crippen LogP contribution in [0.2, 0.25) is 0 Å². The van der Waals surface area contributed by atoms with Crippen molar-refractivity contribution in [2.75, 3.05) is 14.1 Å². The van der Waals surface area contributed by atoms with Gasteiger partial charge in [-0.2, -0.15) is 18.4 Å². The van der Waals surface area contributed by atoms with Crippen molar-refractivity contribution in [1.29, 1.82) is 5.26 Å². The van der Waals surface area contributed by atoms with Gasteiger partial charge in [0.25, 0.3) is 0 Å². The summed E-state index contributed by atoms with van der Waals surface area (Å²) in [4.78, 5) is 13.5. The maximum atomic E-state index is 13.5. The van der Waals surface area contributed by atoms with Gasteiger partial charge in [-0.05, 0) is 35.6 Å². The maximum absolute atomic E-state index is 13.5. The highest BCUT2D eigenvalue weighted by Gasteiger charge is 2.43.